The maximum Gasteiger partial charge on any atom is 0.262 e. The maximum atomic E-state index is 13.2. The molecule has 160 valence electrons. The highest BCUT2D eigenvalue weighted by Crippen LogP contribution is 2.29. The summed E-state index contributed by atoms with van der Waals surface area (Å²) < 4.78 is 1.86. The number of nitrogens with zero attached hydrogens (tertiary/aromatic N) is 4. The molecule has 1 fully saturated rings. The first-order chi connectivity index (χ1) is 14.3. The Bertz CT molecular complexity index is 1150. The molecule has 0 saturated carbocycles. The molecule has 0 aliphatic carbocycles. The van der Waals surface area contributed by atoms with Crippen molar-refractivity contribution >= 4 is 27.5 Å². The van der Waals surface area contributed by atoms with Crippen LogP contribution in [0.1, 0.15) is 58.5 Å². The summed E-state index contributed by atoms with van der Waals surface area (Å²) in [6.45, 7) is 11.3. The van der Waals surface area contributed by atoms with E-state index in [-0.39, 0.29) is 17.5 Å². The van der Waals surface area contributed by atoms with E-state index in [2.05, 4.69) is 10.2 Å². The van der Waals surface area contributed by atoms with Gasteiger partial charge in [0.1, 0.15) is 10.7 Å². The number of H-pyrrole nitrogens is 1. The van der Waals surface area contributed by atoms with Crippen LogP contribution in [0, 0.1) is 34.6 Å². The molecule has 0 aromatic carbocycles. The van der Waals surface area contributed by atoms with Gasteiger partial charge in [0.05, 0.1) is 11.1 Å². The number of carbonyl (C=O) groups is 1. The summed E-state index contributed by atoms with van der Waals surface area (Å²) in [4.78, 5) is 34.6. The van der Waals surface area contributed by atoms with Gasteiger partial charge in [-0.15, -0.1) is 11.3 Å². The lowest BCUT2D eigenvalue weighted by molar-refractivity contribution is -0.132. The average molecular weight is 428 g/mol. The second-order valence-electron chi connectivity index (χ2n) is 8.32. The zero-order valence-electron chi connectivity index (χ0n) is 18.3. The van der Waals surface area contributed by atoms with Crippen molar-refractivity contribution in [1.82, 2.24) is 24.6 Å². The van der Waals surface area contributed by atoms with Crippen LogP contribution in [-0.4, -0.2) is 43.6 Å². The van der Waals surface area contributed by atoms with E-state index in [1.165, 1.54) is 0 Å². The third-order valence-electron chi connectivity index (χ3n) is 6.46. The molecule has 3 aromatic rings. The number of fused-ring (bicyclic) bond motifs is 1. The predicted molar refractivity (Wildman–Crippen MR) is 119 cm³/mol. The number of hydrogen-bond acceptors (Lipinski definition) is 5. The van der Waals surface area contributed by atoms with Crippen LogP contribution in [0.3, 0.4) is 0 Å². The number of aromatic amines is 1. The van der Waals surface area contributed by atoms with Crippen molar-refractivity contribution in [2.75, 3.05) is 13.1 Å². The topological polar surface area (TPSA) is 83.9 Å². The minimum absolute atomic E-state index is 0.0648. The van der Waals surface area contributed by atoms with Gasteiger partial charge >= 0.3 is 0 Å². The Kier molecular flexibility index (Phi) is 5.53. The normalized spacial score (nSPS) is 15.3. The standard InChI is InChI=1S/C22H29N5O2S/c1-12-15(4)30-21-20(12)22(29)27(16(5)23-21)17-8-10-26(11-9-17)19(28)7-6-18-13(2)24-25-14(18)3/h17H,6-11H2,1-5H3,(H,24,25). The number of nitrogens with one attached hydrogen (secondary N) is 1. The van der Waals surface area contributed by atoms with Crippen LogP contribution < -0.4 is 5.56 Å². The zero-order valence-corrected chi connectivity index (χ0v) is 19.2. The highest BCUT2D eigenvalue weighted by Gasteiger charge is 2.27. The van der Waals surface area contributed by atoms with Crippen LogP contribution in [-0.2, 0) is 11.2 Å². The first-order valence-corrected chi connectivity index (χ1v) is 11.4. The molecule has 0 radical (unpaired) electrons. The van der Waals surface area contributed by atoms with E-state index in [9.17, 15) is 9.59 Å². The van der Waals surface area contributed by atoms with Crippen molar-refractivity contribution in [1.29, 1.82) is 0 Å². The fourth-order valence-electron chi connectivity index (χ4n) is 4.54. The summed E-state index contributed by atoms with van der Waals surface area (Å²) in [6, 6.07) is 0.0939. The van der Waals surface area contributed by atoms with Crippen molar-refractivity contribution in [2.24, 2.45) is 0 Å². The second kappa shape index (κ2) is 7.98. The molecule has 0 atom stereocenters. The number of likely N-dealkylation sites (tertiary alicyclic amines) is 1. The molecule has 1 N–H and O–H groups in total. The Labute approximate surface area is 180 Å². The number of rotatable bonds is 4. The number of aryl methyl sites for hydroxylation is 5. The van der Waals surface area contributed by atoms with E-state index in [0.717, 1.165) is 56.3 Å². The quantitative estimate of drug-likeness (QED) is 0.690. The van der Waals surface area contributed by atoms with Gasteiger partial charge in [0.15, 0.2) is 0 Å². The monoisotopic (exact) mass is 427 g/mol. The summed E-state index contributed by atoms with van der Waals surface area (Å²) in [5, 5.41) is 7.95. The Morgan fingerprint density at radius 3 is 2.50 bits per heavy atom. The molecule has 1 aliphatic heterocycles. The Balaban J connectivity index is 1.45. The van der Waals surface area contributed by atoms with Crippen molar-refractivity contribution < 1.29 is 4.79 Å². The molecule has 1 aliphatic rings. The van der Waals surface area contributed by atoms with Gasteiger partial charge in [-0.3, -0.25) is 19.3 Å². The molecule has 1 saturated heterocycles. The molecule has 8 heteroatoms. The Morgan fingerprint density at radius 1 is 1.17 bits per heavy atom. The predicted octanol–water partition coefficient (Wildman–Crippen LogP) is 3.52. The Morgan fingerprint density at radius 2 is 1.87 bits per heavy atom. The number of carbonyl (C=O) groups excluding carboxylic acids is 1. The van der Waals surface area contributed by atoms with Crippen LogP contribution in [0.5, 0.6) is 0 Å². The lowest BCUT2D eigenvalue weighted by Crippen LogP contribution is -2.41. The van der Waals surface area contributed by atoms with Gasteiger partial charge in [-0.1, -0.05) is 0 Å². The molecule has 7 nitrogen and oxygen atoms in total. The molecule has 30 heavy (non-hydrogen) atoms. The Hall–Kier alpha value is -2.48. The van der Waals surface area contributed by atoms with Crippen molar-refractivity contribution in [3.63, 3.8) is 0 Å². The zero-order chi connectivity index (χ0) is 21.6. The summed E-state index contributed by atoms with van der Waals surface area (Å²) in [5.41, 5.74) is 4.25. The van der Waals surface area contributed by atoms with Crippen molar-refractivity contribution in [3.05, 3.63) is 43.6 Å². The number of thiophene rings is 1. The van der Waals surface area contributed by atoms with Gasteiger partial charge < -0.3 is 4.90 Å². The lowest BCUT2D eigenvalue weighted by atomic mass is 10.0. The van der Waals surface area contributed by atoms with Gasteiger partial charge in [0.25, 0.3) is 5.56 Å². The van der Waals surface area contributed by atoms with E-state index in [1.54, 1.807) is 11.3 Å². The SMILES string of the molecule is Cc1n[nH]c(C)c1CCC(=O)N1CCC(n2c(C)nc3sc(C)c(C)c3c2=O)CC1. The molecule has 0 unspecified atom stereocenters. The highest BCUT2D eigenvalue weighted by molar-refractivity contribution is 7.18. The fraction of sp³-hybridized carbons (Fsp3) is 0.545. The molecular formula is C22H29N5O2S. The largest absolute Gasteiger partial charge is 0.343 e. The van der Waals surface area contributed by atoms with Gasteiger partial charge in [-0.05, 0) is 65.0 Å². The number of piperidine rings is 1. The summed E-state index contributed by atoms with van der Waals surface area (Å²) in [7, 11) is 0. The minimum atomic E-state index is 0.0648. The van der Waals surface area contributed by atoms with Gasteiger partial charge in [-0.25, -0.2) is 4.98 Å². The molecule has 3 aromatic heterocycles. The summed E-state index contributed by atoms with van der Waals surface area (Å²) in [5.74, 6) is 0.944. The lowest BCUT2D eigenvalue weighted by Gasteiger charge is -2.33. The van der Waals surface area contributed by atoms with Crippen LogP contribution in [0.4, 0.5) is 0 Å². The highest BCUT2D eigenvalue weighted by atomic mass is 32.1. The third-order valence-corrected chi connectivity index (χ3v) is 7.56. The van der Waals surface area contributed by atoms with E-state index in [0.29, 0.717) is 25.9 Å². The molecule has 0 spiro atoms. The summed E-state index contributed by atoms with van der Waals surface area (Å²) >= 11 is 1.59. The number of hydrogen-bond donors (Lipinski definition) is 1. The van der Waals surface area contributed by atoms with Crippen LogP contribution in [0.25, 0.3) is 10.2 Å². The third kappa shape index (κ3) is 3.57. The first-order valence-electron chi connectivity index (χ1n) is 10.5. The first kappa shape index (κ1) is 20.8. The molecular weight excluding hydrogens is 398 g/mol. The van der Waals surface area contributed by atoms with E-state index in [1.807, 2.05) is 44.1 Å². The molecule has 1 amide bonds. The van der Waals surface area contributed by atoms with Gasteiger partial charge in [0.2, 0.25) is 5.91 Å². The van der Waals surface area contributed by atoms with Crippen LogP contribution in [0.2, 0.25) is 0 Å². The van der Waals surface area contributed by atoms with E-state index >= 15 is 0 Å². The fourth-order valence-corrected chi connectivity index (χ4v) is 5.61. The van der Waals surface area contributed by atoms with Crippen LogP contribution in [0.15, 0.2) is 4.79 Å². The molecule has 4 heterocycles. The smallest absolute Gasteiger partial charge is 0.262 e. The van der Waals surface area contributed by atoms with Crippen molar-refractivity contribution in [2.45, 2.75) is 66.3 Å². The second-order valence-corrected chi connectivity index (χ2v) is 9.53. The minimum Gasteiger partial charge on any atom is -0.343 e. The van der Waals surface area contributed by atoms with E-state index < -0.39 is 0 Å². The molecule has 4 rings (SSSR count). The van der Waals surface area contributed by atoms with Crippen molar-refractivity contribution in [3.8, 4) is 0 Å². The van der Waals surface area contributed by atoms with Crippen LogP contribution >= 0.6 is 11.3 Å². The van der Waals surface area contributed by atoms with E-state index in [4.69, 9.17) is 4.98 Å². The van der Waals surface area contributed by atoms with Gasteiger partial charge in [-0.2, -0.15) is 5.10 Å². The maximum absolute atomic E-state index is 13.2. The summed E-state index contributed by atoms with van der Waals surface area (Å²) in [6.07, 6.45) is 2.77. The average Bonchev–Trinajstić information content (AvgIpc) is 3.18. The molecule has 0 bridgehead atoms. The number of aromatic nitrogens is 4. The van der Waals surface area contributed by atoms with Gasteiger partial charge in [0, 0.05) is 36.1 Å². The number of amides is 1.